The van der Waals surface area contributed by atoms with Gasteiger partial charge in [-0.1, -0.05) is 154 Å². The number of hydrogen-bond donors (Lipinski definition) is 1. The molecule has 2 unspecified atom stereocenters. The third kappa shape index (κ3) is 41.4. The molecule has 0 aliphatic carbocycles. The molecule has 14 heteroatoms. The normalized spacial score (nSPS) is 12.9. The van der Waals surface area contributed by atoms with E-state index in [4.69, 9.17) is 28.0 Å². The fourth-order valence-corrected chi connectivity index (χ4v) is 7.21. The second kappa shape index (κ2) is 38.9. The van der Waals surface area contributed by atoms with Crippen LogP contribution in [-0.2, 0) is 51.7 Å². The van der Waals surface area contributed by atoms with Crippen LogP contribution in [-0.4, -0.2) is 100 Å². The maximum Gasteiger partial charge on any atom is 0.472 e. The molecular formula is C48H89NO12P+. The highest BCUT2D eigenvalue weighted by Gasteiger charge is 2.27. The summed E-state index contributed by atoms with van der Waals surface area (Å²) in [5.74, 6) is -1.48. The molecule has 0 aromatic carbocycles. The van der Waals surface area contributed by atoms with E-state index in [-0.39, 0.29) is 38.0 Å². The zero-order valence-corrected chi connectivity index (χ0v) is 40.8. The van der Waals surface area contributed by atoms with E-state index in [9.17, 15) is 28.6 Å². The van der Waals surface area contributed by atoms with Gasteiger partial charge in [0.05, 0.1) is 41.0 Å². The number of carbonyl (C=O) groups is 4. The highest BCUT2D eigenvalue weighted by Crippen LogP contribution is 2.43. The minimum absolute atomic E-state index is 0.00977. The average molecular weight is 903 g/mol. The number of nitrogens with zero attached hydrogens (tertiary/aromatic N) is 1. The molecule has 0 bridgehead atoms. The van der Waals surface area contributed by atoms with Crippen molar-refractivity contribution in [1.82, 2.24) is 0 Å². The van der Waals surface area contributed by atoms with Gasteiger partial charge in [0.15, 0.2) is 6.10 Å². The highest BCUT2D eigenvalue weighted by atomic mass is 31.2. The maximum atomic E-state index is 12.7. The Kier molecular flexibility index (Phi) is 37.2. The summed E-state index contributed by atoms with van der Waals surface area (Å²) in [6.07, 6.45) is 27.8. The number of phosphoric acid groups is 1. The molecule has 0 rings (SSSR count). The van der Waals surface area contributed by atoms with Crippen LogP contribution < -0.4 is 0 Å². The van der Waals surface area contributed by atoms with E-state index in [1.54, 1.807) is 13.8 Å². The summed E-state index contributed by atoms with van der Waals surface area (Å²) >= 11 is 0. The summed E-state index contributed by atoms with van der Waals surface area (Å²) in [6.45, 7) is 11.2. The van der Waals surface area contributed by atoms with Gasteiger partial charge < -0.3 is 28.3 Å². The van der Waals surface area contributed by atoms with Crippen LogP contribution in [0.1, 0.15) is 194 Å². The molecule has 1 N–H and O–H groups in total. The van der Waals surface area contributed by atoms with E-state index in [0.717, 1.165) is 77.0 Å². The lowest BCUT2D eigenvalue weighted by Crippen LogP contribution is -2.37. The molecule has 0 spiro atoms. The van der Waals surface area contributed by atoms with Crippen molar-refractivity contribution in [1.29, 1.82) is 0 Å². The Labute approximate surface area is 376 Å². The van der Waals surface area contributed by atoms with Crippen molar-refractivity contribution in [3.05, 3.63) is 24.3 Å². The van der Waals surface area contributed by atoms with Gasteiger partial charge in [0.1, 0.15) is 19.8 Å². The maximum absolute atomic E-state index is 12.7. The number of rotatable bonds is 44. The first-order valence-corrected chi connectivity index (χ1v) is 25.4. The van der Waals surface area contributed by atoms with Crippen LogP contribution in [0.15, 0.2) is 24.3 Å². The number of hydrogen-bond acceptors (Lipinski definition) is 11. The van der Waals surface area contributed by atoms with E-state index in [1.807, 2.05) is 21.1 Å². The standard InChI is InChI=1S/C48H88NO12P/c1-42(2)47(52)56-37-32-28-24-20-16-12-8-10-14-18-22-26-30-34-45(50)58-40-44(41-60-62(54,55)59-39-36-49(5,6)7)61-46(51)35-31-27-23-19-15-11-9-13-17-21-25-29-33-38-57-48(53)43(3)4/h44H,1,3,8-41H2,2,4-7H3/p+1. The van der Waals surface area contributed by atoms with Crippen molar-refractivity contribution in [2.45, 2.75) is 200 Å². The number of ether oxygens (including phenoxy) is 4. The lowest BCUT2D eigenvalue weighted by Gasteiger charge is -2.24. The molecule has 0 fully saturated rings. The monoisotopic (exact) mass is 903 g/mol. The molecule has 0 radical (unpaired) electrons. The predicted octanol–water partition coefficient (Wildman–Crippen LogP) is 11.4. The average Bonchev–Trinajstić information content (AvgIpc) is 3.20. The van der Waals surface area contributed by atoms with Gasteiger partial charge in [-0.05, 0) is 39.5 Å². The van der Waals surface area contributed by atoms with Gasteiger partial charge in [-0.25, -0.2) is 14.2 Å². The summed E-state index contributed by atoms with van der Waals surface area (Å²) in [5.41, 5.74) is 0.882. The van der Waals surface area contributed by atoms with Gasteiger partial charge in [-0.3, -0.25) is 18.6 Å². The lowest BCUT2D eigenvalue weighted by atomic mass is 10.0. The Bertz CT molecular complexity index is 1270. The highest BCUT2D eigenvalue weighted by molar-refractivity contribution is 7.47. The minimum Gasteiger partial charge on any atom is -0.462 e. The van der Waals surface area contributed by atoms with Crippen LogP contribution in [0.2, 0.25) is 0 Å². The summed E-state index contributed by atoms with van der Waals surface area (Å²) < 4.78 is 44.6. The molecule has 0 amide bonds. The summed E-state index contributed by atoms with van der Waals surface area (Å²) in [4.78, 5) is 58.2. The zero-order chi connectivity index (χ0) is 46.3. The van der Waals surface area contributed by atoms with Gasteiger partial charge in [0, 0.05) is 24.0 Å². The lowest BCUT2D eigenvalue weighted by molar-refractivity contribution is -0.870. The largest absolute Gasteiger partial charge is 0.472 e. The fraction of sp³-hybridized carbons (Fsp3) is 0.833. The zero-order valence-electron chi connectivity index (χ0n) is 39.9. The van der Waals surface area contributed by atoms with Crippen LogP contribution in [0.4, 0.5) is 0 Å². The van der Waals surface area contributed by atoms with Gasteiger partial charge in [-0.2, -0.15) is 0 Å². The van der Waals surface area contributed by atoms with Gasteiger partial charge >= 0.3 is 31.7 Å². The Morgan fingerprint density at radius 2 is 0.823 bits per heavy atom. The molecular weight excluding hydrogens is 813 g/mol. The molecule has 0 heterocycles. The molecule has 0 saturated carbocycles. The molecule has 2 atom stereocenters. The fourth-order valence-electron chi connectivity index (χ4n) is 6.47. The van der Waals surface area contributed by atoms with Crippen LogP contribution in [0.25, 0.3) is 0 Å². The van der Waals surface area contributed by atoms with Gasteiger partial charge in [-0.15, -0.1) is 0 Å². The molecule has 0 aromatic rings. The molecule has 13 nitrogen and oxygen atoms in total. The first kappa shape index (κ1) is 59.4. The first-order chi connectivity index (χ1) is 29.5. The van der Waals surface area contributed by atoms with Crippen molar-refractivity contribution >= 4 is 31.7 Å². The van der Waals surface area contributed by atoms with Crippen molar-refractivity contribution in [2.24, 2.45) is 0 Å². The first-order valence-electron chi connectivity index (χ1n) is 23.9. The molecule has 0 aliphatic rings. The number of quaternary nitrogens is 1. The number of esters is 4. The number of carbonyl (C=O) groups excluding carboxylic acids is 4. The van der Waals surface area contributed by atoms with Crippen LogP contribution in [0, 0.1) is 0 Å². The Balaban J connectivity index is 4.24. The second-order valence-electron chi connectivity index (χ2n) is 17.9. The van der Waals surface area contributed by atoms with E-state index < -0.39 is 32.5 Å². The van der Waals surface area contributed by atoms with Crippen molar-refractivity contribution < 1.29 is 61.1 Å². The summed E-state index contributed by atoms with van der Waals surface area (Å²) in [5, 5.41) is 0. The molecule has 0 aromatic heterocycles. The van der Waals surface area contributed by atoms with Gasteiger partial charge in [0.25, 0.3) is 0 Å². The predicted molar refractivity (Wildman–Crippen MR) is 246 cm³/mol. The van der Waals surface area contributed by atoms with E-state index in [0.29, 0.717) is 48.2 Å². The molecule has 0 aliphatic heterocycles. The third-order valence-electron chi connectivity index (χ3n) is 10.4. The Morgan fingerprint density at radius 1 is 0.484 bits per heavy atom. The summed E-state index contributed by atoms with van der Waals surface area (Å²) in [7, 11) is 1.40. The van der Waals surface area contributed by atoms with Crippen LogP contribution >= 0.6 is 7.82 Å². The van der Waals surface area contributed by atoms with Crippen LogP contribution in [0.3, 0.4) is 0 Å². The van der Waals surface area contributed by atoms with Crippen LogP contribution in [0.5, 0.6) is 0 Å². The van der Waals surface area contributed by atoms with Gasteiger partial charge in [0.2, 0.25) is 0 Å². The number of unbranched alkanes of at least 4 members (excludes halogenated alkanes) is 24. The molecule has 0 saturated heterocycles. The smallest absolute Gasteiger partial charge is 0.462 e. The van der Waals surface area contributed by atoms with E-state index in [2.05, 4.69) is 13.2 Å². The van der Waals surface area contributed by atoms with E-state index in [1.165, 1.54) is 77.0 Å². The summed E-state index contributed by atoms with van der Waals surface area (Å²) in [6, 6.07) is 0. The van der Waals surface area contributed by atoms with E-state index >= 15 is 0 Å². The van der Waals surface area contributed by atoms with Crippen molar-refractivity contribution in [3.8, 4) is 0 Å². The topological polar surface area (TPSA) is 161 Å². The third-order valence-corrected chi connectivity index (χ3v) is 11.4. The SMILES string of the molecule is C=C(C)C(=O)OCCCCCCCCCCCCCCCC(=O)OCC(COP(=O)(O)OCC[N+](C)(C)C)OC(=O)CCCCCCCCCCCCCCCOC(=O)C(=C)C. The molecule has 362 valence electrons. The number of phosphoric ester groups is 1. The minimum atomic E-state index is -4.41. The second-order valence-corrected chi connectivity index (χ2v) is 19.4. The quantitative estimate of drug-likeness (QED) is 0.0154. The van der Waals surface area contributed by atoms with Crippen molar-refractivity contribution in [2.75, 3.05) is 60.7 Å². The Hall–Kier alpha value is -2.57. The van der Waals surface area contributed by atoms with Crippen molar-refractivity contribution in [3.63, 3.8) is 0 Å². The molecule has 62 heavy (non-hydrogen) atoms. The Morgan fingerprint density at radius 3 is 1.18 bits per heavy atom. The number of likely N-dealkylation sites (N-methyl/N-ethyl adjacent to an activating group) is 1.